The van der Waals surface area contributed by atoms with E-state index in [0.29, 0.717) is 41.1 Å². The Morgan fingerprint density at radius 3 is 2.47 bits per heavy atom. The Hall–Kier alpha value is -2.61. The fourth-order valence-electron chi connectivity index (χ4n) is 3.94. The number of thiazole rings is 1. The number of amides is 1. The minimum absolute atomic E-state index is 0.0122. The van der Waals surface area contributed by atoms with Crippen LogP contribution in [0.5, 0.6) is 0 Å². The fourth-order valence-corrected chi connectivity index (χ4v) is 5.43. The summed E-state index contributed by atoms with van der Waals surface area (Å²) in [6, 6.07) is 11.8. The number of nitrogens with zero attached hydrogens (tertiary/aromatic N) is 4. The highest BCUT2D eigenvalue weighted by molar-refractivity contribution is 7.19. The summed E-state index contributed by atoms with van der Waals surface area (Å²) in [5, 5.41) is 1.07. The molecule has 1 saturated heterocycles. The van der Waals surface area contributed by atoms with Gasteiger partial charge >= 0.3 is 0 Å². The summed E-state index contributed by atoms with van der Waals surface area (Å²) in [6.07, 6.45) is 1.89. The molecule has 1 amide bonds. The molecule has 0 radical (unpaired) electrons. The van der Waals surface area contributed by atoms with E-state index in [0.717, 1.165) is 27.6 Å². The van der Waals surface area contributed by atoms with Crippen molar-refractivity contribution in [3.63, 3.8) is 0 Å². The summed E-state index contributed by atoms with van der Waals surface area (Å²) in [4.78, 5) is 23.3. The molecule has 1 fully saturated rings. The van der Waals surface area contributed by atoms with Gasteiger partial charge in [0.1, 0.15) is 10.7 Å². The van der Waals surface area contributed by atoms with Crippen LogP contribution in [0.15, 0.2) is 48.7 Å². The molecule has 32 heavy (non-hydrogen) atoms. The van der Waals surface area contributed by atoms with Crippen LogP contribution >= 0.6 is 34.5 Å². The van der Waals surface area contributed by atoms with Crippen molar-refractivity contribution in [2.45, 2.75) is 6.92 Å². The molecule has 1 aliphatic rings. The van der Waals surface area contributed by atoms with Gasteiger partial charge in [-0.05, 0) is 43.3 Å². The van der Waals surface area contributed by atoms with Crippen molar-refractivity contribution in [3.05, 3.63) is 75.1 Å². The number of hydrogen-bond acceptors (Lipinski definition) is 4. The van der Waals surface area contributed by atoms with E-state index in [4.69, 9.17) is 23.2 Å². The Labute approximate surface area is 198 Å². The molecular formula is C23H19Cl2FN4OS. The Kier molecular flexibility index (Phi) is 5.57. The van der Waals surface area contributed by atoms with E-state index in [1.807, 2.05) is 34.6 Å². The molecule has 4 aromatic rings. The van der Waals surface area contributed by atoms with Gasteiger partial charge in [-0.25, -0.2) is 9.37 Å². The second-order valence-electron chi connectivity index (χ2n) is 7.65. The molecule has 0 N–H and O–H groups in total. The zero-order chi connectivity index (χ0) is 22.4. The van der Waals surface area contributed by atoms with Crippen molar-refractivity contribution < 1.29 is 9.18 Å². The first-order chi connectivity index (χ1) is 15.4. The summed E-state index contributed by atoms with van der Waals surface area (Å²) < 4.78 is 15.1. The number of carbonyl (C=O) groups excluding carboxylic acids is 1. The molecule has 5 rings (SSSR count). The summed E-state index contributed by atoms with van der Waals surface area (Å²) in [5.41, 5.74) is 3.34. The molecular weight excluding hydrogens is 470 g/mol. The molecule has 0 atom stereocenters. The monoisotopic (exact) mass is 488 g/mol. The lowest BCUT2D eigenvalue weighted by molar-refractivity contribution is 0.0750. The molecule has 1 aliphatic heterocycles. The van der Waals surface area contributed by atoms with Gasteiger partial charge in [0.15, 0.2) is 4.96 Å². The average molecular weight is 489 g/mol. The Bertz CT molecular complexity index is 1310. The molecule has 2 aromatic carbocycles. The van der Waals surface area contributed by atoms with Gasteiger partial charge in [0.2, 0.25) is 0 Å². The first-order valence-corrected chi connectivity index (χ1v) is 11.7. The van der Waals surface area contributed by atoms with Crippen LogP contribution in [0.1, 0.15) is 15.4 Å². The van der Waals surface area contributed by atoms with Gasteiger partial charge < -0.3 is 9.80 Å². The van der Waals surface area contributed by atoms with Crippen molar-refractivity contribution in [2.24, 2.45) is 0 Å². The molecule has 3 heterocycles. The molecule has 9 heteroatoms. The van der Waals surface area contributed by atoms with Crippen LogP contribution < -0.4 is 4.90 Å². The normalized spacial score (nSPS) is 14.4. The van der Waals surface area contributed by atoms with Crippen LogP contribution in [0.2, 0.25) is 10.0 Å². The SMILES string of the molecule is Cc1c(C(=O)N2CCN(c3cccc(Cl)c3Cl)CC2)sc2nc(-c3ccc(F)cc3)cn12. The standard InChI is InChI=1S/C23H19Cl2FN4OS/c1-14-21(32-23-27-18(13-30(14)23)15-5-7-16(26)8-6-15)22(31)29-11-9-28(10-12-29)19-4-2-3-17(24)20(19)25/h2-8,13H,9-12H2,1H3. The minimum Gasteiger partial charge on any atom is -0.367 e. The number of aryl methyl sites for hydroxylation is 1. The van der Waals surface area contributed by atoms with Crippen molar-refractivity contribution in [1.29, 1.82) is 0 Å². The number of carbonyl (C=O) groups is 1. The van der Waals surface area contributed by atoms with Crippen LogP contribution in [0, 0.1) is 12.7 Å². The average Bonchev–Trinajstić information content (AvgIpc) is 3.35. The molecule has 0 saturated carbocycles. The number of anilines is 1. The van der Waals surface area contributed by atoms with Crippen molar-refractivity contribution in [3.8, 4) is 11.3 Å². The maximum atomic E-state index is 13.2. The van der Waals surface area contributed by atoms with Gasteiger partial charge in [-0.3, -0.25) is 9.20 Å². The third kappa shape index (κ3) is 3.74. The quantitative estimate of drug-likeness (QED) is 0.367. The maximum Gasteiger partial charge on any atom is 0.265 e. The number of benzene rings is 2. The lowest BCUT2D eigenvalue weighted by Gasteiger charge is -2.36. The highest BCUT2D eigenvalue weighted by Crippen LogP contribution is 2.33. The second kappa shape index (κ2) is 8.39. The Balaban J connectivity index is 1.33. The lowest BCUT2D eigenvalue weighted by atomic mass is 10.2. The molecule has 164 valence electrons. The summed E-state index contributed by atoms with van der Waals surface area (Å²) in [5.74, 6) is -0.269. The first kappa shape index (κ1) is 21.2. The summed E-state index contributed by atoms with van der Waals surface area (Å²) >= 11 is 13.9. The van der Waals surface area contributed by atoms with Gasteiger partial charge in [0.25, 0.3) is 5.91 Å². The van der Waals surface area contributed by atoms with Crippen LogP contribution in [0.3, 0.4) is 0 Å². The van der Waals surface area contributed by atoms with Crippen LogP contribution in [-0.2, 0) is 0 Å². The number of imidazole rings is 1. The van der Waals surface area contributed by atoms with Crippen LogP contribution in [0.4, 0.5) is 10.1 Å². The second-order valence-corrected chi connectivity index (χ2v) is 9.42. The van der Waals surface area contributed by atoms with E-state index >= 15 is 0 Å². The number of fused-ring (bicyclic) bond motifs is 1. The minimum atomic E-state index is -0.281. The third-order valence-electron chi connectivity index (χ3n) is 5.73. The van der Waals surface area contributed by atoms with Crippen molar-refractivity contribution >= 4 is 51.1 Å². The van der Waals surface area contributed by atoms with Gasteiger partial charge in [-0.2, -0.15) is 0 Å². The molecule has 0 bridgehead atoms. The van der Waals surface area contributed by atoms with Gasteiger partial charge in [-0.1, -0.05) is 40.6 Å². The predicted octanol–water partition coefficient (Wildman–Crippen LogP) is 5.78. The highest BCUT2D eigenvalue weighted by Gasteiger charge is 2.27. The number of aromatic nitrogens is 2. The van der Waals surface area contributed by atoms with E-state index in [2.05, 4.69) is 9.88 Å². The van der Waals surface area contributed by atoms with Crippen molar-refractivity contribution in [2.75, 3.05) is 31.1 Å². The molecule has 2 aromatic heterocycles. The number of hydrogen-bond donors (Lipinski definition) is 0. The molecule has 0 unspecified atom stereocenters. The first-order valence-electron chi connectivity index (χ1n) is 10.1. The van der Waals surface area contributed by atoms with E-state index in [-0.39, 0.29) is 11.7 Å². The fraction of sp³-hybridized carbons (Fsp3) is 0.217. The van der Waals surface area contributed by atoms with E-state index < -0.39 is 0 Å². The van der Waals surface area contributed by atoms with Gasteiger partial charge in [-0.15, -0.1) is 0 Å². The van der Waals surface area contributed by atoms with E-state index in [1.165, 1.54) is 23.5 Å². The molecule has 0 aliphatic carbocycles. The Morgan fingerprint density at radius 1 is 1.06 bits per heavy atom. The topological polar surface area (TPSA) is 40.9 Å². The molecule has 0 spiro atoms. The van der Waals surface area contributed by atoms with Crippen LogP contribution in [-0.4, -0.2) is 46.4 Å². The van der Waals surface area contributed by atoms with E-state index in [1.54, 1.807) is 18.2 Å². The smallest absolute Gasteiger partial charge is 0.265 e. The highest BCUT2D eigenvalue weighted by atomic mass is 35.5. The number of halogens is 3. The lowest BCUT2D eigenvalue weighted by Crippen LogP contribution is -2.48. The third-order valence-corrected chi connectivity index (χ3v) is 7.68. The Morgan fingerprint density at radius 2 is 1.78 bits per heavy atom. The molecule has 5 nitrogen and oxygen atoms in total. The predicted molar refractivity (Wildman–Crippen MR) is 128 cm³/mol. The van der Waals surface area contributed by atoms with Gasteiger partial charge in [0, 0.05) is 43.6 Å². The van der Waals surface area contributed by atoms with Crippen LogP contribution in [0.25, 0.3) is 16.2 Å². The largest absolute Gasteiger partial charge is 0.367 e. The van der Waals surface area contributed by atoms with Gasteiger partial charge in [0.05, 0.1) is 21.4 Å². The summed E-state index contributed by atoms with van der Waals surface area (Å²) in [6.45, 7) is 4.49. The maximum absolute atomic E-state index is 13.2. The zero-order valence-electron chi connectivity index (χ0n) is 17.2. The van der Waals surface area contributed by atoms with E-state index in [9.17, 15) is 9.18 Å². The summed E-state index contributed by atoms with van der Waals surface area (Å²) in [7, 11) is 0. The number of rotatable bonds is 3. The number of piperazine rings is 1. The zero-order valence-corrected chi connectivity index (χ0v) is 19.5. The van der Waals surface area contributed by atoms with Crippen molar-refractivity contribution in [1.82, 2.24) is 14.3 Å².